The summed E-state index contributed by atoms with van der Waals surface area (Å²) in [5.41, 5.74) is 0.857. The number of benzene rings is 2. The van der Waals surface area contributed by atoms with Gasteiger partial charge in [-0.25, -0.2) is 21.9 Å². The molecule has 0 spiro atoms. The van der Waals surface area contributed by atoms with Crippen LogP contribution in [0.25, 0.3) is 10.9 Å². The quantitative estimate of drug-likeness (QED) is 0.476. The molecule has 0 aliphatic carbocycles. The maximum absolute atomic E-state index is 13.5. The van der Waals surface area contributed by atoms with Crippen LogP contribution in [0.4, 0.5) is 20.3 Å². The summed E-state index contributed by atoms with van der Waals surface area (Å²) in [7, 11) is -3.81. The molecule has 0 bridgehead atoms. The highest BCUT2D eigenvalue weighted by atomic mass is 32.2. The van der Waals surface area contributed by atoms with Gasteiger partial charge < -0.3 is 10.1 Å². The molecule has 1 unspecified atom stereocenters. The van der Waals surface area contributed by atoms with Gasteiger partial charge in [0.1, 0.15) is 0 Å². The van der Waals surface area contributed by atoms with Crippen molar-refractivity contribution in [3.63, 3.8) is 0 Å². The van der Waals surface area contributed by atoms with Crippen molar-refractivity contribution in [1.29, 1.82) is 0 Å². The first-order valence-corrected chi connectivity index (χ1v) is 11.0. The van der Waals surface area contributed by atoms with Crippen molar-refractivity contribution in [2.75, 3.05) is 25.1 Å². The van der Waals surface area contributed by atoms with Crippen LogP contribution in [0.1, 0.15) is 6.42 Å². The number of aromatic nitrogens is 2. The third-order valence-corrected chi connectivity index (χ3v) is 6.72. The van der Waals surface area contributed by atoms with E-state index in [0.717, 1.165) is 18.6 Å². The van der Waals surface area contributed by atoms with Crippen LogP contribution in [0.15, 0.2) is 41.3 Å². The van der Waals surface area contributed by atoms with E-state index < -0.39 is 21.7 Å². The number of hydrogen-bond donors (Lipinski definition) is 3. The average Bonchev–Trinajstić information content (AvgIpc) is 3.39. The zero-order valence-corrected chi connectivity index (χ0v) is 17.2. The number of fused-ring (bicyclic) bond motifs is 1. The molecular formula is C19H18F2N4O3S2. The van der Waals surface area contributed by atoms with Gasteiger partial charge in [-0.15, -0.1) is 0 Å². The molecule has 1 aromatic heterocycles. The van der Waals surface area contributed by atoms with Crippen LogP contribution in [0.2, 0.25) is 0 Å². The molecule has 1 saturated heterocycles. The number of sulfonamides is 1. The van der Waals surface area contributed by atoms with Gasteiger partial charge in [-0.3, -0.25) is 5.10 Å². The van der Waals surface area contributed by atoms with Crippen LogP contribution in [0, 0.1) is 17.6 Å². The van der Waals surface area contributed by atoms with Gasteiger partial charge in [0.2, 0.25) is 10.0 Å². The lowest BCUT2D eigenvalue weighted by Gasteiger charge is -2.11. The smallest absolute Gasteiger partial charge is 0.240 e. The number of ether oxygens (including phenoxy) is 1. The lowest BCUT2D eigenvalue weighted by Crippen LogP contribution is -2.32. The van der Waals surface area contributed by atoms with E-state index in [1.165, 1.54) is 18.2 Å². The standard InChI is InChI=1S/C19H18F2N4O3S2/c20-15-3-1-12(7-16(15)21)23-19-14-8-13(2-4-17(14)24-25-19)30(26,27)22-9-18(29)11-5-6-28-10-11/h1-4,7-8,11,22H,5-6,9-10H2,(H2,23,24,25). The van der Waals surface area contributed by atoms with Crippen molar-refractivity contribution in [1.82, 2.24) is 14.9 Å². The normalized spacial score (nSPS) is 16.8. The van der Waals surface area contributed by atoms with Crippen LogP contribution in [0.3, 0.4) is 0 Å². The van der Waals surface area contributed by atoms with Gasteiger partial charge in [0.15, 0.2) is 17.5 Å². The molecule has 30 heavy (non-hydrogen) atoms. The first-order chi connectivity index (χ1) is 14.3. The molecule has 2 aromatic carbocycles. The first kappa shape index (κ1) is 20.8. The minimum Gasteiger partial charge on any atom is -0.381 e. The number of rotatable bonds is 7. The molecular weight excluding hydrogens is 434 g/mol. The fourth-order valence-electron chi connectivity index (χ4n) is 3.15. The molecule has 7 nitrogen and oxygen atoms in total. The summed E-state index contributed by atoms with van der Waals surface area (Å²) in [4.78, 5) is 0.649. The molecule has 1 atom stereocenters. The SMILES string of the molecule is O=S(=O)(NCC(=S)C1CCOC1)c1ccc2[nH]nc(Nc3ccc(F)c(F)c3)c2c1. The van der Waals surface area contributed by atoms with E-state index in [4.69, 9.17) is 17.0 Å². The van der Waals surface area contributed by atoms with E-state index in [0.29, 0.717) is 29.0 Å². The Bertz CT molecular complexity index is 1210. The minimum absolute atomic E-state index is 0.0372. The highest BCUT2D eigenvalue weighted by Crippen LogP contribution is 2.27. The number of thiocarbonyl (C=S) groups is 1. The minimum atomic E-state index is -3.81. The van der Waals surface area contributed by atoms with Crippen molar-refractivity contribution in [2.45, 2.75) is 11.3 Å². The second-order valence-corrected chi connectivity index (χ2v) is 9.18. The average molecular weight is 453 g/mol. The molecule has 3 N–H and O–H groups in total. The number of aromatic amines is 1. The highest BCUT2D eigenvalue weighted by molar-refractivity contribution is 7.89. The third-order valence-electron chi connectivity index (χ3n) is 4.85. The maximum atomic E-state index is 13.5. The predicted molar refractivity (Wildman–Crippen MR) is 112 cm³/mol. The molecule has 1 aliphatic rings. The second-order valence-electron chi connectivity index (χ2n) is 6.88. The van der Waals surface area contributed by atoms with Crippen molar-refractivity contribution in [2.24, 2.45) is 5.92 Å². The number of nitrogens with zero attached hydrogens (tertiary/aromatic N) is 1. The van der Waals surface area contributed by atoms with Crippen LogP contribution >= 0.6 is 12.2 Å². The summed E-state index contributed by atoms with van der Waals surface area (Å²) in [6, 6.07) is 7.82. The lowest BCUT2D eigenvalue weighted by atomic mass is 10.1. The lowest BCUT2D eigenvalue weighted by molar-refractivity contribution is 0.193. The first-order valence-electron chi connectivity index (χ1n) is 9.14. The Morgan fingerprint density at radius 1 is 1.23 bits per heavy atom. The summed E-state index contributed by atoms with van der Waals surface area (Å²) in [5.74, 6) is -1.61. The Hall–Kier alpha value is -2.47. The molecule has 158 valence electrons. The van der Waals surface area contributed by atoms with Crippen molar-refractivity contribution >= 4 is 49.5 Å². The number of halogens is 2. The van der Waals surface area contributed by atoms with E-state index >= 15 is 0 Å². The van der Waals surface area contributed by atoms with Crippen molar-refractivity contribution < 1.29 is 21.9 Å². The Balaban J connectivity index is 1.55. The van der Waals surface area contributed by atoms with Gasteiger partial charge in [-0.05, 0) is 36.8 Å². The molecule has 1 aliphatic heterocycles. The molecule has 11 heteroatoms. The molecule has 4 rings (SSSR count). The van der Waals surface area contributed by atoms with E-state index in [9.17, 15) is 17.2 Å². The Labute approximate surface area is 176 Å². The topological polar surface area (TPSA) is 96.1 Å². The van der Waals surface area contributed by atoms with Gasteiger partial charge in [0, 0.05) is 41.1 Å². The van der Waals surface area contributed by atoms with Gasteiger partial charge in [-0.2, -0.15) is 5.10 Å². The largest absolute Gasteiger partial charge is 0.381 e. The van der Waals surface area contributed by atoms with E-state index in [2.05, 4.69) is 20.2 Å². The molecule has 0 saturated carbocycles. The fourth-order valence-corrected chi connectivity index (χ4v) is 4.53. The van der Waals surface area contributed by atoms with Crippen LogP contribution in [-0.4, -0.2) is 43.2 Å². The van der Waals surface area contributed by atoms with Crippen LogP contribution < -0.4 is 10.0 Å². The van der Waals surface area contributed by atoms with Crippen LogP contribution in [-0.2, 0) is 14.8 Å². The Morgan fingerprint density at radius 3 is 2.80 bits per heavy atom. The van der Waals surface area contributed by atoms with E-state index in [1.54, 1.807) is 6.07 Å². The van der Waals surface area contributed by atoms with E-state index in [-0.39, 0.29) is 28.9 Å². The highest BCUT2D eigenvalue weighted by Gasteiger charge is 2.23. The third kappa shape index (κ3) is 4.33. The number of anilines is 2. The van der Waals surface area contributed by atoms with Crippen molar-refractivity contribution in [3.8, 4) is 0 Å². The monoisotopic (exact) mass is 452 g/mol. The van der Waals surface area contributed by atoms with Gasteiger partial charge in [0.25, 0.3) is 0 Å². The molecule has 0 radical (unpaired) electrons. The predicted octanol–water partition coefficient (Wildman–Crippen LogP) is 3.27. The molecule has 3 aromatic rings. The zero-order valence-electron chi connectivity index (χ0n) is 15.6. The fraction of sp³-hybridized carbons (Fsp3) is 0.263. The summed E-state index contributed by atoms with van der Waals surface area (Å²) in [6.45, 7) is 1.19. The van der Waals surface area contributed by atoms with Crippen molar-refractivity contribution in [3.05, 3.63) is 48.0 Å². The summed E-state index contributed by atoms with van der Waals surface area (Å²) >= 11 is 5.32. The van der Waals surface area contributed by atoms with Gasteiger partial charge >= 0.3 is 0 Å². The number of nitrogens with one attached hydrogen (secondary N) is 3. The summed E-state index contributed by atoms with van der Waals surface area (Å²) in [6.07, 6.45) is 0.792. The Morgan fingerprint density at radius 2 is 2.07 bits per heavy atom. The van der Waals surface area contributed by atoms with Gasteiger partial charge in [0.05, 0.1) is 17.0 Å². The van der Waals surface area contributed by atoms with Crippen LogP contribution in [0.5, 0.6) is 0 Å². The summed E-state index contributed by atoms with van der Waals surface area (Å²) in [5, 5.41) is 10.2. The summed E-state index contributed by atoms with van der Waals surface area (Å²) < 4.78 is 59.8. The maximum Gasteiger partial charge on any atom is 0.240 e. The number of H-pyrrole nitrogens is 1. The second kappa shape index (κ2) is 8.34. The Kier molecular flexibility index (Phi) is 5.78. The molecule has 0 amide bonds. The van der Waals surface area contributed by atoms with Gasteiger partial charge in [-0.1, -0.05) is 12.2 Å². The zero-order chi connectivity index (χ0) is 21.3. The molecule has 2 heterocycles. The molecule has 1 fully saturated rings. The van der Waals surface area contributed by atoms with E-state index in [1.807, 2.05) is 0 Å². The number of hydrogen-bond acceptors (Lipinski definition) is 6.